The Bertz CT molecular complexity index is 1050. The molecule has 30 heavy (non-hydrogen) atoms. The number of anilines is 1. The molecule has 0 aromatic heterocycles. The van der Waals surface area contributed by atoms with Crippen LogP contribution in [-0.4, -0.2) is 39.3 Å². The van der Waals surface area contributed by atoms with Gasteiger partial charge in [-0.05, 0) is 30.5 Å². The van der Waals surface area contributed by atoms with E-state index in [1.165, 1.54) is 40.4 Å². The van der Waals surface area contributed by atoms with Crippen LogP contribution in [0.3, 0.4) is 0 Å². The molecule has 0 saturated heterocycles. The molecule has 0 aliphatic rings. The molecule has 156 valence electrons. The number of rotatable bonds is 7. The molecular formula is C23H23NO6. The highest BCUT2D eigenvalue weighted by atomic mass is 16.5. The number of nitrogens with one attached hydrogen (secondary N) is 1. The van der Waals surface area contributed by atoms with Crippen LogP contribution in [0.4, 0.5) is 5.69 Å². The number of ether oxygens (including phenoxy) is 4. The third kappa shape index (κ3) is 4.30. The fraction of sp³-hybridized carbons (Fsp3) is 0.217. The van der Waals surface area contributed by atoms with Crippen LogP contribution in [0.2, 0.25) is 0 Å². The minimum absolute atomic E-state index is 0.175. The maximum Gasteiger partial charge on any atom is 0.339 e. The van der Waals surface area contributed by atoms with Crippen LogP contribution in [-0.2, 0) is 9.53 Å². The Labute approximate surface area is 174 Å². The third-order valence-electron chi connectivity index (χ3n) is 4.60. The van der Waals surface area contributed by atoms with Crippen LogP contribution in [0, 0.1) is 0 Å². The molecule has 0 aliphatic heterocycles. The Morgan fingerprint density at radius 1 is 0.867 bits per heavy atom. The van der Waals surface area contributed by atoms with Gasteiger partial charge in [0.05, 0.1) is 26.9 Å². The molecule has 0 unspecified atom stereocenters. The maximum atomic E-state index is 12.6. The molecule has 1 N–H and O–H groups in total. The summed E-state index contributed by atoms with van der Waals surface area (Å²) in [6.07, 6.45) is -1.02. The number of hydrogen-bond donors (Lipinski definition) is 1. The molecule has 3 aromatic carbocycles. The second-order valence-corrected chi connectivity index (χ2v) is 6.48. The first kappa shape index (κ1) is 21.0. The Morgan fingerprint density at radius 3 is 2.13 bits per heavy atom. The van der Waals surface area contributed by atoms with Gasteiger partial charge in [-0.25, -0.2) is 4.79 Å². The van der Waals surface area contributed by atoms with Crippen molar-refractivity contribution in [3.63, 3.8) is 0 Å². The minimum Gasteiger partial charge on any atom is -0.493 e. The molecule has 0 heterocycles. The third-order valence-corrected chi connectivity index (χ3v) is 4.60. The number of esters is 1. The van der Waals surface area contributed by atoms with E-state index in [0.717, 1.165) is 10.8 Å². The van der Waals surface area contributed by atoms with E-state index in [-0.39, 0.29) is 5.56 Å². The first-order valence-electron chi connectivity index (χ1n) is 9.28. The van der Waals surface area contributed by atoms with Crippen LogP contribution in [0.15, 0.2) is 54.6 Å². The minimum atomic E-state index is -1.02. The summed E-state index contributed by atoms with van der Waals surface area (Å²) < 4.78 is 21.1. The summed E-state index contributed by atoms with van der Waals surface area (Å²) in [5.41, 5.74) is 0.822. The lowest BCUT2D eigenvalue weighted by molar-refractivity contribution is -0.123. The number of carbonyl (C=O) groups excluding carboxylic acids is 2. The Hall–Kier alpha value is -3.74. The number of carbonyl (C=O) groups is 2. The van der Waals surface area contributed by atoms with E-state index in [4.69, 9.17) is 18.9 Å². The van der Waals surface area contributed by atoms with Crippen molar-refractivity contribution in [1.82, 2.24) is 0 Å². The zero-order valence-electron chi connectivity index (χ0n) is 17.2. The zero-order valence-corrected chi connectivity index (χ0v) is 17.2. The van der Waals surface area contributed by atoms with Crippen molar-refractivity contribution in [2.75, 3.05) is 26.6 Å². The smallest absolute Gasteiger partial charge is 0.339 e. The number of benzene rings is 3. The molecule has 3 aromatic rings. The second kappa shape index (κ2) is 9.17. The fourth-order valence-electron chi connectivity index (χ4n) is 3.05. The van der Waals surface area contributed by atoms with Gasteiger partial charge in [0.15, 0.2) is 17.6 Å². The van der Waals surface area contributed by atoms with Crippen molar-refractivity contribution >= 4 is 28.3 Å². The highest BCUT2D eigenvalue weighted by Crippen LogP contribution is 2.38. The predicted molar refractivity (Wildman–Crippen MR) is 114 cm³/mol. The molecule has 0 spiro atoms. The second-order valence-electron chi connectivity index (χ2n) is 6.48. The number of fused-ring (bicyclic) bond motifs is 1. The highest BCUT2D eigenvalue weighted by Gasteiger charge is 2.22. The molecule has 0 radical (unpaired) electrons. The van der Waals surface area contributed by atoms with Crippen molar-refractivity contribution in [1.29, 1.82) is 0 Å². The van der Waals surface area contributed by atoms with Gasteiger partial charge in [0.2, 0.25) is 5.75 Å². The van der Waals surface area contributed by atoms with Crippen LogP contribution < -0.4 is 19.5 Å². The zero-order chi connectivity index (χ0) is 21.7. The lowest BCUT2D eigenvalue weighted by Gasteiger charge is -2.16. The summed E-state index contributed by atoms with van der Waals surface area (Å²) in [7, 11) is 4.37. The van der Waals surface area contributed by atoms with Gasteiger partial charge in [-0.2, -0.15) is 0 Å². The van der Waals surface area contributed by atoms with E-state index in [1.54, 1.807) is 6.07 Å². The van der Waals surface area contributed by atoms with E-state index < -0.39 is 18.0 Å². The Kier molecular flexibility index (Phi) is 6.41. The van der Waals surface area contributed by atoms with Crippen LogP contribution >= 0.6 is 0 Å². The molecule has 1 amide bonds. The SMILES string of the molecule is COc1cc(C(=O)O[C@H](C)C(=O)Nc2cccc3ccccc23)cc(OC)c1OC. The number of amides is 1. The maximum absolute atomic E-state index is 12.6. The van der Waals surface area contributed by atoms with Gasteiger partial charge in [0, 0.05) is 11.1 Å². The fourth-order valence-corrected chi connectivity index (χ4v) is 3.05. The van der Waals surface area contributed by atoms with E-state index in [0.29, 0.717) is 22.9 Å². The normalized spacial score (nSPS) is 11.5. The molecule has 0 fully saturated rings. The van der Waals surface area contributed by atoms with Gasteiger partial charge < -0.3 is 24.3 Å². The standard InChI is InChI=1S/C23H23NO6/c1-14(22(25)24-18-11-7-9-15-8-5-6-10-17(15)18)30-23(26)16-12-19(27-2)21(29-4)20(13-16)28-3/h5-14H,1-4H3,(H,24,25)/t14-/m1/s1. The molecule has 3 rings (SSSR count). The molecule has 0 aliphatic carbocycles. The predicted octanol–water partition coefficient (Wildman–Crippen LogP) is 4.05. The van der Waals surface area contributed by atoms with Crippen LogP contribution in [0.5, 0.6) is 17.2 Å². The number of hydrogen-bond acceptors (Lipinski definition) is 6. The van der Waals surface area contributed by atoms with Gasteiger partial charge in [0.1, 0.15) is 0 Å². The molecule has 1 atom stereocenters. The summed E-state index contributed by atoms with van der Waals surface area (Å²) in [6.45, 7) is 1.51. The summed E-state index contributed by atoms with van der Waals surface area (Å²) in [5.74, 6) is -0.131. The average Bonchev–Trinajstić information content (AvgIpc) is 2.78. The summed E-state index contributed by atoms with van der Waals surface area (Å²) >= 11 is 0. The lowest BCUT2D eigenvalue weighted by atomic mass is 10.1. The molecule has 0 bridgehead atoms. The highest BCUT2D eigenvalue weighted by molar-refractivity contribution is 6.04. The topological polar surface area (TPSA) is 83.1 Å². The Morgan fingerprint density at radius 2 is 1.50 bits per heavy atom. The molecule has 7 heteroatoms. The van der Waals surface area contributed by atoms with Gasteiger partial charge in [0.25, 0.3) is 5.91 Å². The van der Waals surface area contributed by atoms with Crippen molar-refractivity contribution in [2.45, 2.75) is 13.0 Å². The molecular weight excluding hydrogens is 386 g/mol. The van der Waals surface area contributed by atoms with Crippen LogP contribution in [0.1, 0.15) is 17.3 Å². The van der Waals surface area contributed by atoms with Gasteiger partial charge >= 0.3 is 5.97 Å². The first-order valence-corrected chi connectivity index (χ1v) is 9.28. The van der Waals surface area contributed by atoms with E-state index in [9.17, 15) is 9.59 Å². The average molecular weight is 409 g/mol. The Balaban J connectivity index is 1.76. The van der Waals surface area contributed by atoms with Crippen molar-refractivity contribution in [2.24, 2.45) is 0 Å². The largest absolute Gasteiger partial charge is 0.493 e. The monoisotopic (exact) mass is 409 g/mol. The first-order chi connectivity index (χ1) is 14.5. The van der Waals surface area contributed by atoms with Crippen molar-refractivity contribution in [3.8, 4) is 17.2 Å². The quantitative estimate of drug-likeness (QED) is 0.593. The lowest BCUT2D eigenvalue weighted by Crippen LogP contribution is -2.30. The molecule has 0 saturated carbocycles. The summed E-state index contributed by atoms with van der Waals surface area (Å²) in [5, 5.41) is 4.72. The van der Waals surface area contributed by atoms with Crippen LogP contribution in [0.25, 0.3) is 10.8 Å². The summed E-state index contributed by atoms with van der Waals surface area (Å²) in [6, 6.07) is 16.2. The van der Waals surface area contributed by atoms with Crippen molar-refractivity contribution in [3.05, 3.63) is 60.2 Å². The van der Waals surface area contributed by atoms with E-state index >= 15 is 0 Å². The van der Waals surface area contributed by atoms with Crippen molar-refractivity contribution < 1.29 is 28.5 Å². The van der Waals surface area contributed by atoms with Gasteiger partial charge in [-0.1, -0.05) is 36.4 Å². The summed E-state index contributed by atoms with van der Waals surface area (Å²) in [4.78, 5) is 25.2. The number of methoxy groups -OCH3 is 3. The van der Waals surface area contributed by atoms with Gasteiger partial charge in [-0.3, -0.25) is 4.79 Å². The molecule has 7 nitrogen and oxygen atoms in total. The van der Waals surface area contributed by atoms with E-state index in [1.807, 2.05) is 36.4 Å². The van der Waals surface area contributed by atoms with Gasteiger partial charge in [-0.15, -0.1) is 0 Å². The van der Waals surface area contributed by atoms with E-state index in [2.05, 4.69) is 5.32 Å².